The average molecular weight is 387 g/mol. The van der Waals surface area contributed by atoms with E-state index < -0.39 is 23.8 Å². The average Bonchev–Trinajstić information content (AvgIpc) is 2.87. The number of hydrogen-bond donors (Lipinski definition) is 1. The first-order valence-corrected chi connectivity index (χ1v) is 8.84. The standard InChI is InChI=1S/C20H19ClN2O4/c1-11(2)17(18(24)22-12-8-9-16(27-3)15(21)10-12)23-19(25)13-6-4-5-7-14(13)20(23)26/h4-11,17H,1-3H3,(H,22,24)/t17-/m1/s1. The topological polar surface area (TPSA) is 75.7 Å². The Bertz CT molecular complexity index is 891. The summed E-state index contributed by atoms with van der Waals surface area (Å²) in [5.41, 5.74) is 1.08. The summed E-state index contributed by atoms with van der Waals surface area (Å²) < 4.78 is 5.09. The Hall–Kier alpha value is -2.86. The molecule has 0 bridgehead atoms. The summed E-state index contributed by atoms with van der Waals surface area (Å²) in [6, 6.07) is 10.4. The molecule has 0 aliphatic carbocycles. The van der Waals surface area contributed by atoms with Crippen molar-refractivity contribution < 1.29 is 19.1 Å². The molecule has 0 aromatic heterocycles. The maximum Gasteiger partial charge on any atom is 0.262 e. The second-order valence-electron chi connectivity index (χ2n) is 6.55. The van der Waals surface area contributed by atoms with Crippen LogP contribution in [0.4, 0.5) is 5.69 Å². The van der Waals surface area contributed by atoms with Gasteiger partial charge in [0.15, 0.2) is 0 Å². The molecule has 1 aliphatic heterocycles. The molecule has 1 aliphatic rings. The highest BCUT2D eigenvalue weighted by atomic mass is 35.5. The molecule has 0 saturated heterocycles. The van der Waals surface area contributed by atoms with E-state index in [1.54, 1.807) is 56.3 Å². The lowest BCUT2D eigenvalue weighted by Crippen LogP contribution is -2.50. The summed E-state index contributed by atoms with van der Waals surface area (Å²) in [4.78, 5) is 39.4. The number of amides is 3. The summed E-state index contributed by atoms with van der Waals surface area (Å²) in [6.45, 7) is 3.57. The minimum Gasteiger partial charge on any atom is -0.495 e. The van der Waals surface area contributed by atoms with E-state index in [4.69, 9.17) is 16.3 Å². The highest BCUT2D eigenvalue weighted by molar-refractivity contribution is 6.32. The Morgan fingerprint density at radius 3 is 2.15 bits per heavy atom. The van der Waals surface area contributed by atoms with Gasteiger partial charge in [-0.3, -0.25) is 19.3 Å². The van der Waals surface area contributed by atoms with E-state index in [2.05, 4.69) is 5.32 Å². The van der Waals surface area contributed by atoms with E-state index in [1.807, 2.05) is 0 Å². The Morgan fingerprint density at radius 1 is 1.07 bits per heavy atom. The molecule has 1 atom stereocenters. The maximum atomic E-state index is 12.9. The van der Waals surface area contributed by atoms with E-state index >= 15 is 0 Å². The van der Waals surface area contributed by atoms with Gasteiger partial charge in [0.25, 0.3) is 11.8 Å². The van der Waals surface area contributed by atoms with E-state index in [1.165, 1.54) is 7.11 Å². The van der Waals surface area contributed by atoms with E-state index in [9.17, 15) is 14.4 Å². The van der Waals surface area contributed by atoms with Gasteiger partial charge in [-0.05, 0) is 36.2 Å². The van der Waals surface area contributed by atoms with Gasteiger partial charge in [-0.25, -0.2) is 0 Å². The zero-order valence-corrected chi connectivity index (χ0v) is 15.9. The van der Waals surface area contributed by atoms with Crippen LogP contribution in [-0.4, -0.2) is 35.8 Å². The molecule has 7 heteroatoms. The molecule has 3 amide bonds. The van der Waals surface area contributed by atoms with Crippen molar-refractivity contribution in [1.29, 1.82) is 0 Å². The van der Waals surface area contributed by atoms with Crippen molar-refractivity contribution in [3.8, 4) is 5.75 Å². The molecule has 3 rings (SSSR count). The number of carbonyl (C=O) groups is 3. The van der Waals surface area contributed by atoms with Crippen LogP contribution in [0.1, 0.15) is 34.6 Å². The van der Waals surface area contributed by atoms with Crippen LogP contribution in [0.15, 0.2) is 42.5 Å². The molecular formula is C20H19ClN2O4. The lowest BCUT2D eigenvalue weighted by molar-refractivity contribution is -0.121. The first kappa shape index (κ1) is 18.9. The Labute approximate surface area is 162 Å². The Morgan fingerprint density at radius 2 is 1.67 bits per heavy atom. The van der Waals surface area contributed by atoms with Crippen molar-refractivity contribution in [2.24, 2.45) is 5.92 Å². The fraction of sp³-hybridized carbons (Fsp3) is 0.250. The molecule has 0 unspecified atom stereocenters. The molecule has 0 fully saturated rings. The summed E-state index contributed by atoms with van der Waals surface area (Å²) in [6.07, 6.45) is 0. The Kier molecular flexibility index (Phi) is 5.19. The van der Waals surface area contributed by atoms with Crippen LogP contribution in [0.2, 0.25) is 5.02 Å². The number of nitrogens with one attached hydrogen (secondary N) is 1. The number of methoxy groups -OCH3 is 1. The highest BCUT2D eigenvalue weighted by Crippen LogP contribution is 2.30. The van der Waals surface area contributed by atoms with Crippen LogP contribution < -0.4 is 10.1 Å². The molecule has 2 aromatic rings. The lowest BCUT2D eigenvalue weighted by atomic mass is 10.0. The number of halogens is 1. The SMILES string of the molecule is COc1ccc(NC(=O)[C@@H](C(C)C)N2C(=O)c3ccccc3C2=O)cc1Cl. The predicted molar refractivity (Wildman–Crippen MR) is 102 cm³/mol. The molecular weight excluding hydrogens is 368 g/mol. The smallest absolute Gasteiger partial charge is 0.262 e. The van der Waals surface area contributed by atoms with Gasteiger partial charge in [0.2, 0.25) is 5.91 Å². The first-order valence-electron chi connectivity index (χ1n) is 8.46. The van der Waals surface area contributed by atoms with Crippen LogP contribution >= 0.6 is 11.6 Å². The summed E-state index contributed by atoms with van der Waals surface area (Å²) in [7, 11) is 1.50. The van der Waals surface area contributed by atoms with Crippen LogP contribution in [-0.2, 0) is 4.79 Å². The lowest BCUT2D eigenvalue weighted by Gasteiger charge is -2.28. The molecule has 0 saturated carbocycles. The number of hydrogen-bond acceptors (Lipinski definition) is 4. The van der Waals surface area contributed by atoms with E-state index in [0.29, 0.717) is 27.6 Å². The number of benzene rings is 2. The zero-order chi connectivity index (χ0) is 19.7. The van der Waals surface area contributed by atoms with Crippen molar-refractivity contribution >= 4 is 35.0 Å². The number of nitrogens with zero attached hydrogens (tertiary/aromatic N) is 1. The quantitative estimate of drug-likeness (QED) is 0.796. The van der Waals surface area contributed by atoms with Crippen molar-refractivity contribution in [1.82, 2.24) is 4.90 Å². The minimum absolute atomic E-state index is 0.277. The fourth-order valence-corrected chi connectivity index (χ4v) is 3.40. The largest absolute Gasteiger partial charge is 0.495 e. The molecule has 1 N–H and O–H groups in total. The third-order valence-corrected chi connectivity index (χ3v) is 4.72. The van der Waals surface area contributed by atoms with Crippen LogP contribution in [0.3, 0.4) is 0 Å². The van der Waals surface area contributed by atoms with Crippen LogP contribution in [0, 0.1) is 5.92 Å². The number of fused-ring (bicyclic) bond motifs is 1. The molecule has 0 spiro atoms. The number of anilines is 1. The number of carbonyl (C=O) groups excluding carboxylic acids is 3. The van der Waals surface area contributed by atoms with E-state index in [0.717, 1.165) is 4.90 Å². The summed E-state index contributed by atoms with van der Waals surface area (Å²) in [5.74, 6) is -1.17. The minimum atomic E-state index is -0.946. The van der Waals surface area contributed by atoms with Gasteiger partial charge in [-0.2, -0.15) is 0 Å². The second kappa shape index (κ2) is 7.40. The molecule has 140 valence electrons. The monoisotopic (exact) mass is 386 g/mol. The van der Waals surface area contributed by atoms with Crippen LogP contribution in [0.25, 0.3) is 0 Å². The van der Waals surface area contributed by atoms with Gasteiger partial charge in [-0.15, -0.1) is 0 Å². The molecule has 1 heterocycles. The number of imide groups is 1. The molecule has 27 heavy (non-hydrogen) atoms. The Balaban J connectivity index is 1.88. The molecule has 2 aromatic carbocycles. The van der Waals surface area contributed by atoms with Gasteiger partial charge in [-0.1, -0.05) is 37.6 Å². The predicted octanol–water partition coefficient (Wildman–Crippen LogP) is 3.61. The van der Waals surface area contributed by atoms with Gasteiger partial charge >= 0.3 is 0 Å². The van der Waals surface area contributed by atoms with Gasteiger partial charge in [0, 0.05) is 5.69 Å². The highest BCUT2D eigenvalue weighted by Gasteiger charge is 2.43. The second-order valence-corrected chi connectivity index (χ2v) is 6.96. The van der Waals surface area contributed by atoms with E-state index in [-0.39, 0.29) is 5.92 Å². The fourth-order valence-electron chi connectivity index (χ4n) is 3.14. The van der Waals surface area contributed by atoms with Crippen molar-refractivity contribution in [3.63, 3.8) is 0 Å². The molecule has 6 nitrogen and oxygen atoms in total. The number of rotatable bonds is 5. The number of ether oxygens (including phenoxy) is 1. The third-order valence-electron chi connectivity index (χ3n) is 4.42. The summed E-state index contributed by atoms with van der Waals surface area (Å²) in [5, 5.41) is 3.08. The van der Waals surface area contributed by atoms with Crippen molar-refractivity contribution in [2.45, 2.75) is 19.9 Å². The zero-order valence-electron chi connectivity index (χ0n) is 15.2. The first-order chi connectivity index (χ1) is 12.8. The normalized spacial score (nSPS) is 14.3. The third kappa shape index (κ3) is 3.40. The maximum absolute atomic E-state index is 12.9. The van der Waals surface area contributed by atoms with Gasteiger partial charge in [0.1, 0.15) is 11.8 Å². The van der Waals surface area contributed by atoms with Crippen molar-refractivity contribution in [2.75, 3.05) is 12.4 Å². The van der Waals surface area contributed by atoms with Gasteiger partial charge < -0.3 is 10.1 Å². The van der Waals surface area contributed by atoms with Gasteiger partial charge in [0.05, 0.1) is 23.3 Å². The summed E-state index contributed by atoms with van der Waals surface area (Å²) >= 11 is 6.09. The van der Waals surface area contributed by atoms with Crippen LogP contribution in [0.5, 0.6) is 5.75 Å². The molecule has 0 radical (unpaired) electrons. The van der Waals surface area contributed by atoms with Crippen molar-refractivity contribution in [3.05, 3.63) is 58.6 Å².